The highest BCUT2D eigenvalue weighted by Crippen LogP contribution is 2.23. The molecule has 0 aromatic heterocycles. The first kappa shape index (κ1) is 12.8. The lowest BCUT2D eigenvalue weighted by Gasteiger charge is -2.34. The van der Waals surface area contributed by atoms with Gasteiger partial charge in [0.15, 0.2) is 0 Å². The van der Waals surface area contributed by atoms with Crippen LogP contribution in [-0.2, 0) is 4.79 Å². The third-order valence-corrected chi connectivity index (χ3v) is 3.14. The van der Waals surface area contributed by atoms with Gasteiger partial charge in [0.1, 0.15) is 5.88 Å². The molecule has 1 saturated carbocycles. The molecule has 4 heteroatoms. The minimum atomic E-state index is -0.473. The number of aliphatic hydroxyl groups excluding tert-OH is 1. The lowest BCUT2D eigenvalue weighted by atomic mass is 9.94. The molecule has 0 aromatic rings. The van der Waals surface area contributed by atoms with Crippen molar-refractivity contribution >= 4 is 17.5 Å². The quantitative estimate of drug-likeness (QED) is 0.752. The molecule has 0 saturated heterocycles. The molecular weight excluding hydrogens is 214 g/mol. The van der Waals surface area contributed by atoms with E-state index in [0.29, 0.717) is 12.6 Å². The van der Waals surface area contributed by atoms with Crippen molar-refractivity contribution in [2.75, 3.05) is 12.4 Å². The zero-order chi connectivity index (χ0) is 11.3. The average Bonchev–Trinajstić information content (AvgIpc) is 2.26. The van der Waals surface area contributed by atoms with Crippen molar-refractivity contribution in [1.29, 1.82) is 0 Å². The fourth-order valence-electron chi connectivity index (χ4n) is 2.21. The Hall–Kier alpha value is -0.280. The van der Waals surface area contributed by atoms with E-state index in [1.165, 1.54) is 19.3 Å². The van der Waals surface area contributed by atoms with Gasteiger partial charge in [-0.15, -0.1) is 11.6 Å². The molecule has 1 aliphatic carbocycles. The average molecular weight is 234 g/mol. The van der Waals surface area contributed by atoms with Gasteiger partial charge in [0, 0.05) is 12.6 Å². The molecule has 0 heterocycles. The third-order valence-electron chi connectivity index (χ3n) is 2.91. The molecule has 3 nitrogen and oxygen atoms in total. The zero-order valence-electron chi connectivity index (χ0n) is 9.29. The number of nitrogens with zero attached hydrogens (tertiary/aromatic N) is 1. The van der Waals surface area contributed by atoms with Crippen molar-refractivity contribution in [1.82, 2.24) is 4.90 Å². The second kappa shape index (κ2) is 6.33. The first-order chi connectivity index (χ1) is 7.15. The molecule has 1 amide bonds. The van der Waals surface area contributed by atoms with Crippen LogP contribution in [0.25, 0.3) is 0 Å². The Bertz CT molecular complexity index is 203. The molecular formula is C11H20ClNO2. The van der Waals surface area contributed by atoms with Crippen LogP contribution in [0.2, 0.25) is 0 Å². The van der Waals surface area contributed by atoms with Crippen LogP contribution >= 0.6 is 11.6 Å². The van der Waals surface area contributed by atoms with E-state index in [9.17, 15) is 9.90 Å². The summed E-state index contributed by atoms with van der Waals surface area (Å²) in [5.74, 6) is -0.0343. The van der Waals surface area contributed by atoms with Crippen LogP contribution in [0, 0.1) is 0 Å². The monoisotopic (exact) mass is 233 g/mol. The summed E-state index contributed by atoms with van der Waals surface area (Å²) in [7, 11) is 0. The van der Waals surface area contributed by atoms with Crippen molar-refractivity contribution in [2.24, 2.45) is 0 Å². The van der Waals surface area contributed by atoms with Gasteiger partial charge >= 0.3 is 0 Å². The summed E-state index contributed by atoms with van der Waals surface area (Å²) in [6.45, 7) is 2.12. The highest BCUT2D eigenvalue weighted by Gasteiger charge is 2.25. The Morgan fingerprint density at radius 2 is 2.07 bits per heavy atom. The van der Waals surface area contributed by atoms with Crippen LogP contribution in [0.15, 0.2) is 0 Å². The fourth-order valence-corrected chi connectivity index (χ4v) is 2.36. The van der Waals surface area contributed by atoms with Gasteiger partial charge in [-0.3, -0.25) is 4.79 Å². The Kier molecular flexibility index (Phi) is 5.40. The molecule has 1 aliphatic rings. The van der Waals surface area contributed by atoms with Gasteiger partial charge < -0.3 is 10.0 Å². The smallest absolute Gasteiger partial charge is 0.237 e. The van der Waals surface area contributed by atoms with Crippen molar-refractivity contribution < 1.29 is 9.90 Å². The maximum atomic E-state index is 11.6. The number of carbonyl (C=O) groups excluding carboxylic acids is 1. The van der Waals surface area contributed by atoms with Crippen molar-refractivity contribution in [2.45, 2.75) is 51.2 Å². The summed E-state index contributed by atoms with van der Waals surface area (Å²) in [6, 6.07) is 0.291. The number of hydrogen-bond acceptors (Lipinski definition) is 2. The number of alkyl halides is 1. The van der Waals surface area contributed by atoms with Crippen LogP contribution in [-0.4, -0.2) is 40.5 Å². The van der Waals surface area contributed by atoms with E-state index in [4.69, 9.17) is 11.6 Å². The standard InChI is InChI=1S/C11H20ClNO2/c1-9(14)8-13(11(15)7-12)10-5-3-2-4-6-10/h9-10,14H,2-8H2,1H3. The molecule has 15 heavy (non-hydrogen) atoms. The second-order valence-corrected chi connectivity index (χ2v) is 4.59. The molecule has 88 valence electrons. The third kappa shape index (κ3) is 3.99. The van der Waals surface area contributed by atoms with E-state index in [2.05, 4.69) is 0 Å². The first-order valence-electron chi connectivity index (χ1n) is 5.68. The fraction of sp³-hybridized carbons (Fsp3) is 0.909. The molecule has 1 unspecified atom stereocenters. The maximum Gasteiger partial charge on any atom is 0.237 e. The predicted molar refractivity (Wildman–Crippen MR) is 61.0 cm³/mol. The molecule has 0 spiro atoms. The number of halogens is 1. The van der Waals surface area contributed by atoms with Crippen LogP contribution in [0.3, 0.4) is 0 Å². The number of amides is 1. The van der Waals surface area contributed by atoms with Crippen LogP contribution in [0.5, 0.6) is 0 Å². The summed E-state index contributed by atoms with van der Waals surface area (Å²) >= 11 is 5.58. The van der Waals surface area contributed by atoms with Gasteiger partial charge in [-0.1, -0.05) is 19.3 Å². The molecule has 0 radical (unpaired) electrons. The van der Waals surface area contributed by atoms with Gasteiger partial charge in [0.05, 0.1) is 6.10 Å². The number of aliphatic hydroxyl groups is 1. The van der Waals surface area contributed by atoms with Crippen LogP contribution in [0.1, 0.15) is 39.0 Å². The van der Waals surface area contributed by atoms with Crippen molar-refractivity contribution in [3.05, 3.63) is 0 Å². The maximum absolute atomic E-state index is 11.6. The molecule has 1 atom stereocenters. The lowest BCUT2D eigenvalue weighted by molar-refractivity contribution is -0.133. The van der Waals surface area contributed by atoms with E-state index >= 15 is 0 Å². The summed E-state index contributed by atoms with van der Waals surface area (Å²) < 4.78 is 0. The van der Waals surface area contributed by atoms with Crippen LogP contribution < -0.4 is 0 Å². The summed E-state index contributed by atoms with van der Waals surface area (Å²) in [5.41, 5.74) is 0. The van der Waals surface area contributed by atoms with E-state index in [1.807, 2.05) is 0 Å². The normalized spacial score (nSPS) is 19.9. The minimum Gasteiger partial charge on any atom is -0.392 e. The molecule has 0 aliphatic heterocycles. The Labute approximate surface area is 96.4 Å². The van der Waals surface area contributed by atoms with E-state index in [1.54, 1.807) is 11.8 Å². The summed E-state index contributed by atoms with van der Waals surface area (Å²) in [4.78, 5) is 13.4. The molecule has 1 rings (SSSR count). The molecule has 0 aromatic carbocycles. The lowest BCUT2D eigenvalue weighted by Crippen LogP contribution is -2.45. The Morgan fingerprint density at radius 1 is 1.47 bits per heavy atom. The summed E-state index contributed by atoms with van der Waals surface area (Å²) in [5, 5.41) is 9.36. The van der Waals surface area contributed by atoms with E-state index in [-0.39, 0.29) is 11.8 Å². The highest BCUT2D eigenvalue weighted by molar-refractivity contribution is 6.27. The van der Waals surface area contributed by atoms with Gasteiger partial charge in [-0.2, -0.15) is 0 Å². The Morgan fingerprint density at radius 3 is 2.53 bits per heavy atom. The van der Waals surface area contributed by atoms with Gasteiger partial charge in [0.2, 0.25) is 5.91 Å². The SMILES string of the molecule is CC(O)CN(C(=O)CCl)C1CCCCC1. The highest BCUT2D eigenvalue weighted by atomic mass is 35.5. The summed E-state index contributed by atoms with van der Waals surface area (Å²) in [6.07, 6.45) is 5.24. The minimum absolute atomic E-state index is 0.0171. The van der Waals surface area contributed by atoms with Crippen LogP contribution in [0.4, 0.5) is 0 Å². The van der Waals surface area contributed by atoms with E-state index < -0.39 is 6.10 Å². The van der Waals surface area contributed by atoms with Gasteiger partial charge in [-0.05, 0) is 19.8 Å². The number of carbonyl (C=O) groups is 1. The van der Waals surface area contributed by atoms with Crippen molar-refractivity contribution in [3.8, 4) is 0 Å². The van der Waals surface area contributed by atoms with Crippen molar-refractivity contribution in [3.63, 3.8) is 0 Å². The molecule has 1 N–H and O–H groups in total. The van der Waals surface area contributed by atoms with Gasteiger partial charge in [-0.25, -0.2) is 0 Å². The topological polar surface area (TPSA) is 40.5 Å². The zero-order valence-corrected chi connectivity index (χ0v) is 10.0. The first-order valence-corrected chi connectivity index (χ1v) is 6.22. The van der Waals surface area contributed by atoms with Gasteiger partial charge in [0.25, 0.3) is 0 Å². The second-order valence-electron chi connectivity index (χ2n) is 4.32. The largest absolute Gasteiger partial charge is 0.392 e. The predicted octanol–water partition coefficient (Wildman–Crippen LogP) is 1.77. The Balaban J connectivity index is 2.57. The van der Waals surface area contributed by atoms with E-state index in [0.717, 1.165) is 12.8 Å². The number of rotatable bonds is 4. The molecule has 0 bridgehead atoms. The number of hydrogen-bond donors (Lipinski definition) is 1. The molecule has 1 fully saturated rings.